The first-order valence-electron chi connectivity index (χ1n) is 5.02. The second kappa shape index (κ2) is 4.80. The van der Waals surface area contributed by atoms with Gasteiger partial charge >= 0.3 is 0 Å². The van der Waals surface area contributed by atoms with Gasteiger partial charge in [-0.3, -0.25) is 4.98 Å². The average molecular weight is 209 g/mol. The lowest BCUT2D eigenvalue weighted by Gasteiger charge is -2.16. The molecule has 3 heteroatoms. The van der Waals surface area contributed by atoms with Crippen molar-refractivity contribution in [3.63, 3.8) is 0 Å². The van der Waals surface area contributed by atoms with Gasteiger partial charge in [-0.15, -0.1) is 0 Å². The van der Waals surface area contributed by atoms with Crippen molar-refractivity contribution in [3.05, 3.63) is 30.1 Å². The molecular weight excluding hydrogens is 194 g/mol. The van der Waals surface area contributed by atoms with Crippen LogP contribution in [0.5, 0.6) is 0 Å². The monoisotopic (exact) mass is 209 g/mol. The van der Waals surface area contributed by atoms with Crippen molar-refractivity contribution in [1.29, 1.82) is 0 Å². The number of thioether (sulfide) groups is 1. The van der Waals surface area contributed by atoms with Crippen LogP contribution in [-0.4, -0.2) is 27.7 Å². The maximum atomic E-state index is 9.95. The zero-order valence-corrected chi connectivity index (χ0v) is 8.91. The maximum absolute atomic E-state index is 9.95. The molecule has 2 nitrogen and oxygen atoms in total. The first kappa shape index (κ1) is 9.99. The largest absolute Gasteiger partial charge is 0.392 e. The number of aliphatic hydroxyl groups excluding tert-OH is 1. The van der Waals surface area contributed by atoms with Gasteiger partial charge in [0.15, 0.2) is 0 Å². The summed E-state index contributed by atoms with van der Waals surface area (Å²) in [5, 5.41) is 9.95. The molecule has 1 aliphatic rings. The van der Waals surface area contributed by atoms with Crippen molar-refractivity contribution in [1.82, 2.24) is 4.98 Å². The van der Waals surface area contributed by atoms with Gasteiger partial charge in [-0.05, 0) is 36.0 Å². The van der Waals surface area contributed by atoms with Gasteiger partial charge in [-0.25, -0.2) is 0 Å². The van der Waals surface area contributed by atoms with Crippen LogP contribution in [0.3, 0.4) is 0 Å². The normalized spacial score (nSPS) is 23.6. The summed E-state index contributed by atoms with van der Waals surface area (Å²) in [4.78, 5) is 4.22. The lowest BCUT2D eigenvalue weighted by atomic mass is 9.98. The lowest BCUT2D eigenvalue weighted by Crippen LogP contribution is -2.22. The van der Waals surface area contributed by atoms with Crippen LogP contribution < -0.4 is 0 Å². The van der Waals surface area contributed by atoms with Gasteiger partial charge < -0.3 is 5.11 Å². The Kier molecular flexibility index (Phi) is 3.43. The van der Waals surface area contributed by atoms with Gasteiger partial charge in [-0.2, -0.15) is 11.8 Å². The molecule has 2 heterocycles. The fraction of sp³-hybridized carbons (Fsp3) is 0.545. The Hall–Kier alpha value is -0.540. The third-order valence-corrected chi connectivity index (χ3v) is 3.84. The molecule has 2 atom stereocenters. The molecule has 1 aromatic rings. The Morgan fingerprint density at radius 1 is 1.57 bits per heavy atom. The highest BCUT2D eigenvalue weighted by molar-refractivity contribution is 7.99. The molecule has 2 rings (SSSR count). The van der Waals surface area contributed by atoms with E-state index in [4.69, 9.17) is 0 Å². The van der Waals surface area contributed by atoms with Gasteiger partial charge in [-0.1, -0.05) is 6.07 Å². The molecule has 1 aliphatic heterocycles. The Labute approximate surface area is 88.8 Å². The fourth-order valence-electron chi connectivity index (χ4n) is 1.76. The summed E-state index contributed by atoms with van der Waals surface area (Å²) in [6.07, 6.45) is 3.43. The van der Waals surface area contributed by atoms with E-state index in [1.807, 2.05) is 30.0 Å². The molecule has 2 unspecified atom stereocenters. The Balaban J connectivity index is 1.90. The van der Waals surface area contributed by atoms with E-state index in [9.17, 15) is 5.11 Å². The van der Waals surface area contributed by atoms with Crippen LogP contribution in [-0.2, 0) is 6.42 Å². The number of nitrogens with zero attached hydrogens (tertiary/aromatic N) is 1. The number of pyridine rings is 1. The van der Waals surface area contributed by atoms with Crippen molar-refractivity contribution in [3.8, 4) is 0 Å². The van der Waals surface area contributed by atoms with Gasteiger partial charge in [0.05, 0.1) is 6.10 Å². The second-order valence-corrected chi connectivity index (χ2v) is 4.87. The number of hydrogen-bond acceptors (Lipinski definition) is 3. The predicted octanol–water partition coefficient (Wildman–Crippen LogP) is 1.74. The molecule has 0 saturated carbocycles. The smallest absolute Gasteiger partial charge is 0.0631 e. The van der Waals surface area contributed by atoms with Crippen LogP contribution in [0.4, 0.5) is 0 Å². The highest BCUT2D eigenvalue weighted by atomic mass is 32.2. The van der Waals surface area contributed by atoms with E-state index >= 15 is 0 Å². The highest BCUT2D eigenvalue weighted by Gasteiger charge is 2.23. The summed E-state index contributed by atoms with van der Waals surface area (Å²) in [6.45, 7) is 0. The van der Waals surface area contributed by atoms with Gasteiger partial charge in [0.1, 0.15) is 0 Å². The zero-order valence-electron chi connectivity index (χ0n) is 8.10. The molecular formula is C11H15NOS. The van der Waals surface area contributed by atoms with Crippen LogP contribution >= 0.6 is 11.8 Å². The van der Waals surface area contributed by atoms with Gasteiger partial charge in [0.2, 0.25) is 0 Å². The molecule has 0 aromatic carbocycles. The molecule has 1 N–H and O–H groups in total. The molecule has 0 radical (unpaired) electrons. The van der Waals surface area contributed by atoms with E-state index < -0.39 is 0 Å². The minimum atomic E-state index is -0.208. The topological polar surface area (TPSA) is 33.1 Å². The molecule has 0 bridgehead atoms. The summed E-state index contributed by atoms with van der Waals surface area (Å²) in [7, 11) is 0. The van der Waals surface area contributed by atoms with Crippen LogP contribution in [0, 0.1) is 5.92 Å². The van der Waals surface area contributed by atoms with E-state index in [1.54, 1.807) is 6.20 Å². The molecule has 1 fully saturated rings. The molecule has 1 aromatic heterocycles. The summed E-state index contributed by atoms with van der Waals surface area (Å²) < 4.78 is 0. The van der Waals surface area contributed by atoms with Crippen LogP contribution in [0.25, 0.3) is 0 Å². The highest BCUT2D eigenvalue weighted by Crippen LogP contribution is 2.27. The SMILES string of the molecule is OC(Cc1ccccn1)C1CCSC1. The first-order valence-corrected chi connectivity index (χ1v) is 6.17. The standard InChI is InChI=1S/C11H15NOS/c13-11(9-4-6-14-8-9)7-10-3-1-2-5-12-10/h1-3,5,9,11,13H,4,6-8H2. The minimum Gasteiger partial charge on any atom is -0.392 e. The fourth-order valence-corrected chi connectivity index (χ4v) is 3.08. The third-order valence-electron chi connectivity index (χ3n) is 2.65. The van der Waals surface area contributed by atoms with Crippen molar-refractivity contribution >= 4 is 11.8 Å². The Morgan fingerprint density at radius 2 is 2.50 bits per heavy atom. The van der Waals surface area contributed by atoms with E-state index in [1.165, 1.54) is 5.75 Å². The van der Waals surface area contributed by atoms with Crippen LogP contribution in [0.15, 0.2) is 24.4 Å². The molecule has 14 heavy (non-hydrogen) atoms. The predicted molar refractivity (Wildman–Crippen MR) is 59.4 cm³/mol. The number of rotatable bonds is 3. The average Bonchev–Trinajstić information content (AvgIpc) is 2.72. The summed E-state index contributed by atoms with van der Waals surface area (Å²) in [5.74, 6) is 2.78. The van der Waals surface area contributed by atoms with E-state index in [2.05, 4.69) is 4.98 Å². The minimum absolute atomic E-state index is 0.208. The first-order chi connectivity index (χ1) is 6.86. The van der Waals surface area contributed by atoms with Crippen molar-refractivity contribution in [2.75, 3.05) is 11.5 Å². The van der Waals surface area contributed by atoms with Gasteiger partial charge in [0, 0.05) is 18.3 Å². The Bertz CT molecular complexity index is 272. The molecule has 0 spiro atoms. The van der Waals surface area contributed by atoms with Crippen LogP contribution in [0.2, 0.25) is 0 Å². The quantitative estimate of drug-likeness (QED) is 0.823. The van der Waals surface area contributed by atoms with Crippen LogP contribution in [0.1, 0.15) is 12.1 Å². The van der Waals surface area contributed by atoms with E-state index in [0.717, 1.165) is 17.9 Å². The summed E-state index contributed by atoms with van der Waals surface area (Å²) in [5.41, 5.74) is 0.997. The summed E-state index contributed by atoms with van der Waals surface area (Å²) >= 11 is 1.94. The number of aromatic nitrogens is 1. The third kappa shape index (κ3) is 2.49. The number of aliphatic hydroxyl groups is 1. The Morgan fingerprint density at radius 3 is 3.14 bits per heavy atom. The molecule has 0 aliphatic carbocycles. The second-order valence-electron chi connectivity index (χ2n) is 3.72. The summed E-state index contributed by atoms with van der Waals surface area (Å²) in [6, 6.07) is 5.85. The van der Waals surface area contributed by atoms with Gasteiger partial charge in [0.25, 0.3) is 0 Å². The lowest BCUT2D eigenvalue weighted by molar-refractivity contribution is 0.119. The van der Waals surface area contributed by atoms with E-state index in [-0.39, 0.29) is 6.10 Å². The van der Waals surface area contributed by atoms with Crippen molar-refractivity contribution in [2.24, 2.45) is 5.92 Å². The maximum Gasteiger partial charge on any atom is 0.0631 e. The number of hydrogen-bond donors (Lipinski definition) is 1. The molecule has 76 valence electrons. The van der Waals surface area contributed by atoms with E-state index in [0.29, 0.717) is 12.3 Å². The van der Waals surface area contributed by atoms with Crippen molar-refractivity contribution < 1.29 is 5.11 Å². The molecule has 1 saturated heterocycles. The zero-order chi connectivity index (χ0) is 9.80. The van der Waals surface area contributed by atoms with Crippen molar-refractivity contribution in [2.45, 2.75) is 18.9 Å². The molecule has 0 amide bonds.